The molecule has 2 unspecified atom stereocenters. The zero-order valence-electron chi connectivity index (χ0n) is 16.5. The summed E-state index contributed by atoms with van der Waals surface area (Å²) in [5.74, 6) is -1.37. The molecule has 1 aliphatic heterocycles. The van der Waals surface area contributed by atoms with Gasteiger partial charge in [0, 0.05) is 13.1 Å². The second-order valence-electron chi connectivity index (χ2n) is 7.91. The molecule has 3 amide bonds. The average molecular weight is 388 g/mol. The van der Waals surface area contributed by atoms with E-state index in [0.29, 0.717) is 13.1 Å². The summed E-state index contributed by atoms with van der Waals surface area (Å²) in [5, 5.41) is 0. The normalized spacial score (nSPS) is 21.7. The van der Waals surface area contributed by atoms with Crippen LogP contribution in [0.4, 0.5) is 4.39 Å². The zero-order chi connectivity index (χ0) is 20.1. The standard InChI is InChI=1S/C22H29FN2O3/c1-2-3-6-13-24(14-16-9-11-17(23)12-10-16)20(26)15-25-21(27)18-7-4-5-8-19(18)22(25)28/h9-12,18-19H,2-8,13-15H2,1H3. The summed E-state index contributed by atoms with van der Waals surface area (Å²) in [5.41, 5.74) is 0.832. The van der Waals surface area contributed by atoms with Gasteiger partial charge in [0.25, 0.3) is 0 Å². The number of unbranched alkanes of at least 4 members (excludes halogenated alkanes) is 2. The van der Waals surface area contributed by atoms with Crippen LogP contribution in [0.5, 0.6) is 0 Å². The minimum absolute atomic E-state index is 0.182. The van der Waals surface area contributed by atoms with Crippen LogP contribution in [-0.2, 0) is 20.9 Å². The van der Waals surface area contributed by atoms with E-state index in [0.717, 1.165) is 50.5 Å². The van der Waals surface area contributed by atoms with Crippen LogP contribution in [-0.4, -0.2) is 40.6 Å². The van der Waals surface area contributed by atoms with Gasteiger partial charge in [-0.05, 0) is 37.0 Å². The molecule has 152 valence electrons. The fourth-order valence-electron chi connectivity index (χ4n) is 4.28. The Labute approximate surface area is 165 Å². The van der Waals surface area contributed by atoms with Crippen LogP contribution in [0, 0.1) is 17.7 Å². The predicted octanol–water partition coefficient (Wildman–Crippen LogP) is 3.52. The van der Waals surface area contributed by atoms with Crippen molar-refractivity contribution in [2.24, 2.45) is 11.8 Å². The smallest absolute Gasteiger partial charge is 0.243 e. The number of amides is 3. The molecule has 6 heteroatoms. The minimum Gasteiger partial charge on any atom is -0.337 e. The van der Waals surface area contributed by atoms with E-state index in [-0.39, 0.29) is 41.9 Å². The molecule has 2 aliphatic rings. The molecule has 1 aromatic rings. The molecule has 1 heterocycles. The van der Waals surface area contributed by atoms with Crippen LogP contribution in [0.2, 0.25) is 0 Å². The maximum absolute atomic E-state index is 13.2. The number of imide groups is 1. The molecule has 28 heavy (non-hydrogen) atoms. The number of carbonyl (C=O) groups excluding carboxylic acids is 3. The van der Waals surface area contributed by atoms with Crippen LogP contribution < -0.4 is 0 Å². The zero-order valence-corrected chi connectivity index (χ0v) is 16.5. The number of hydrogen-bond donors (Lipinski definition) is 0. The van der Waals surface area contributed by atoms with Gasteiger partial charge in [-0.3, -0.25) is 19.3 Å². The molecule has 0 aromatic heterocycles. The van der Waals surface area contributed by atoms with Crippen LogP contribution in [0.3, 0.4) is 0 Å². The predicted molar refractivity (Wildman–Crippen MR) is 104 cm³/mol. The Balaban J connectivity index is 1.68. The van der Waals surface area contributed by atoms with Gasteiger partial charge >= 0.3 is 0 Å². The summed E-state index contributed by atoms with van der Waals surface area (Å²) >= 11 is 0. The van der Waals surface area contributed by atoms with E-state index in [9.17, 15) is 18.8 Å². The van der Waals surface area contributed by atoms with Gasteiger partial charge in [0.05, 0.1) is 11.8 Å². The molecule has 0 bridgehead atoms. The first-order valence-electron chi connectivity index (χ1n) is 10.4. The largest absolute Gasteiger partial charge is 0.337 e. The van der Waals surface area contributed by atoms with Crippen molar-refractivity contribution in [1.29, 1.82) is 0 Å². The van der Waals surface area contributed by atoms with Gasteiger partial charge < -0.3 is 4.90 Å². The lowest BCUT2D eigenvalue weighted by atomic mass is 9.81. The number of nitrogens with zero attached hydrogens (tertiary/aromatic N) is 2. The highest BCUT2D eigenvalue weighted by Crippen LogP contribution is 2.37. The monoisotopic (exact) mass is 388 g/mol. The first-order chi connectivity index (χ1) is 13.5. The Morgan fingerprint density at radius 1 is 1.07 bits per heavy atom. The second-order valence-corrected chi connectivity index (χ2v) is 7.91. The lowest BCUT2D eigenvalue weighted by Gasteiger charge is -2.25. The highest BCUT2D eigenvalue weighted by molar-refractivity contribution is 6.07. The van der Waals surface area contributed by atoms with Crippen molar-refractivity contribution in [1.82, 2.24) is 9.80 Å². The number of fused-ring (bicyclic) bond motifs is 1. The molecular weight excluding hydrogens is 359 g/mol. The SMILES string of the molecule is CCCCCN(Cc1ccc(F)cc1)C(=O)CN1C(=O)C2CCCCC2C1=O. The Kier molecular flexibility index (Phi) is 6.81. The van der Waals surface area contributed by atoms with Crippen LogP contribution in [0.1, 0.15) is 57.4 Å². The van der Waals surface area contributed by atoms with Crippen LogP contribution in [0.25, 0.3) is 0 Å². The van der Waals surface area contributed by atoms with Gasteiger partial charge in [0.2, 0.25) is 17.7 Å². The molecule has 2 atom stereocenters. The lowest BCUT2D eigenvalue weighted by Crippen LogP contribution is -2.43. The van der Waals surface area contributed by atoms with E-state index >= 15 is 0 Å². The Hall–Kier alpha value is -2.24. The quantitative estimate of drug-likeness (QED) is 0.506. The van der Waals surface area contributed by atoms with Crippen molar-refractivity contribution < 1.29 is 18.8 Å². The van der Waals surface area contributed by atoms with Crippen molar-refractivity contribution in [3.05, 3.63) is 35.6 Å². The summed E-state index contributed by atoms with van der Waals surface area (Å²) in [6.45, 7) is 2.83. The van der Waals surface area contributed by atoms with Crippen LogP contribution in [0.15, 0.2) is 24.3 Å². The van der Waals surface area contributed by atoms with E-state index in [1.165, 1.54) is 17.0 Å². The summed E-state index contributed by atoms with van der Waals surface area (Å²) in [6, 6.07) is 6.08. The van der Waals surface area contributed by atoms with Crippen molar-refractivity contribution in [2.45, 2.75) is 58.4 Å². The van der Waals surface area contributed by atoms with E-state index in [4.69, 9.17) is 0 Å². The average Bonchev–Trinajstić information content (AvgIpc) is 2.94. The summed E-state index contributed by atoms with van der Waals surface area (Å²) in [6.07, 6.45) is 6.32. The number of benzene rings is 1. The lowest BCUT2D eigenvalue weighted by molar-refractivity contribution is -0.146. The fraction of sp³-hybridized carbons (Fsp3) is 0.591. The van der Waals surface area contributed by atoms with Crippen molar-refractivity contribution in [2.75, 3.05) is 13.1 Å². The highest BCUT2D eigenvalue weighted by atomic mass is 19.1. The Bertz CT molecular complexity index is 695. The van der Waals surface area contributed by atoms with E-state index in [2.05, 4.69) is 6.92 Å². The number of likely N-dealkylation sites (tertiary alicyclic amines) is 1. The topological polar surface area (TPSA) is 57.7 Å². The molecule has 1 saturated heterocycles. The molecule has 0 radical (unpaired) electrons. The molecule has 0 spiro atoms. The van der Waals surface area contributed by atoms with Crippen molar-refractivity contribution in [3.8, 4) is 0 Å². The van der Waals surface area contributed by atoms with Gasteiger partial charge in [0.15, 0.2) is 0 Å². The Morgan fingerprint density at radius 2 is 1.68 bits per heavy atom. The summed E-state index contributed by atoms with van der Waals surface area (Å²) in [7, 11) is 0. The van der Waals surface area contributed by atoms with Crippen LogP contribution >= 0.6 is 0 Å². The molecular formula is C22H29FN2O3. The second kappa shape index (κ2) is 9.30. The number of rotatable bonds is 8. The molecule has 2 fully saturated rings. The van der Waals surface area contributed by atoms with Gasteiger partial charge in [-0.25, -0.2) is 4.39 Å². The van der Waals surface area contributed by atoms with E-state index in [1.807, 2.05) is 0 Å². The summed E-state index contributed by atoms with van der Waals surface area (Å²) < 4.78 is 13.2. The minimum atomic E-state index is -0.316. The first-order valence-corrected chi connectivity index (χ1v) is 10.4. The van der Waals surface area contributed by atoms with Gasteiger partial charge in [-0.1, -0.05) is 44.7 Å². The van der Waals surface area contributed by atoms with Crippen molar-refractivity contribution in [3.63, 3.8) is 0 Å². The van der Waals surface area contributed by atoms with Gasteiger partial charge in [-0.2, -0.15) is 0 Å². The molecule has 3 rings (SSSR count). The van der Waals surface area contributed by atoms with Gasteiger partial charge in [0.1, 0.15) is 12.4 Å². The van der Waals surface area contributed by atoms with Crippen molar-refractivity contribution >= 4 is 17.7 Å². The first kappa shape index (κ1) is 20.5. The van der Waals surface area contributed by atoms with E-state index in [1.54, 1.807) is 17.0 Å². The summed E-state index contributed by atoms with van der Waals surface area (Å²) in [4.78, 5) is 41.1. The molecule has 1 saturated carbocycles. The maximum Gasteiger partial charge on any atom is 0.243 e. The third-order valence-electron chi connectivity index (χ3n) is 5.90. The number of hydrogen-bond acceptors (Lipinski definition) is 3. The molecule has 5 nitrogen and oxygen atoms in total. The maximum atomic E-state index is 13.2. The number of carbonyl (C=O) groups is 3. The number of halogens is 1. The van der Waals surface area contributed by atoms with E-state index < -0.39 is 0 Å². The van der Waals surface area contributed by atoms with Gasteiger partial charge in [-0.15, -0.1) is 0 Å². The molecule has 1 aromatic carbocycles. The third-order valence-corrected chi connectivity index (χ3v) is 5.90. The Morgan fingerprint density at radius 3 is 2.25 bits per heavy atom. The molecule has 1 aliphatic carbocycles. The molecule has 0 N–H and O–H groups in total. The third kappa shape index (κ3) is 4.59. The fourth-order valence-corrected chi connectivity index (χ4v) is 4.28. The highest BCUT2D eigenvalue weighted by Gasteiger charge is 2.48.